The maximum Gasteiger partial charge on any atom is 0.225 e. The Morgan fingerprint density at radius 1 is 1.28 bits per heavy atom. The van der Waals surface area contributed by atoms with Crippen molar-refractivity contribution in [1.29, 1.82) is 0 Å². The summed E-state index contributed by atoms with van der Waals surface area (Å²) >= 11 is 0. The van der Waals surface area contributed by atoms with Gasteiger partial charge in [-0.3, -0.25) is 4.79 Å². The SMILES string of the molecule is Cc1ccc([C@H]2[C@H](N)CC(=O)N2C(C)C)cc1C. The summed E-state index contributed by atoms with van der Waals surface area (Å²) in [5.74, 6) is 0.167. The normalized spacial score (nSPS) is 24.1. The molecule has 0 aliphatic carbocycles. The number of aryl methyl sites for hydroxylation is 2. The fourth-order valence-corrected chi connectivity index (χ4v) is 2.75. The van der Waals surface area contributed by atoms with Gasteiger partial charge in [-0.25, -0.2) is 0 Å². The summed E-state index contributed by atoms with van der Waals surface area (Å²) < 4.78 is 0. The highest BCUT2D eigenvalue weighted by molar-refractivity contribution is 5.80. The first-order chi connectivity index (χ1) is 8.41. The van der Waals surface area contributed by atoms with Crippen molar-refractivity contribution in [2.75, 3.05) is 0 Å². The summed E-state index contributed by atoms with van der Waals surface area (Å²) in [6.45, 7) is 8.29. The fraction of sp³-hybridized carbons (Fsp3) is 0.533. The maximum atomic E-state index is 12.0. The zero-order valence-corrected chi connectivity index (χ0v) is 11.6. The summed E-state index contributed by atoms with van der Waals surface area (Å²) in [5.41, 5.74) is 9.84. The maximum absolute atomic E-state index is 12.0. The second-order valence-electron chi connectivity index (χ2n) is 5.55. The van der Waals surface area contributed by atoms with Gasteiger partial charge in [-0.2, -0.15) is 0 Å². The van der Waals surface area contributed by atoms with Crippen LogP contribution in [0.25, 0.3) is 0 Å². The van der Waals surface area contributed by atoms with Crippen LogP contribution in [0.1, 0.15) is 43.0 Å². The van der Waals surface area contributed by atoms with E-state index in [2.05, 4.69) is 32.0 Å². The quantitative estimate of drug-likeness (QED) is 0.870. The van der Waals surface area contributed by atoms with E-state index in [1.165, 1.54) is 11.1 Å². The molecule has 2 atom stereocenters. The van der Waals surface area contributed by atoms with Crippen molar-refractivity contribution in [1.82, 2.24) is 4.90 Å². The number of benzene rings is 1. The molecule has 1 aliphatic heterocycles. The third-order valence-electron chi connectivity index (χ3n) is 3.83. The molecule has 0 bridgehead atoms. The van der Waals surface area contributed by atoms with E-state index in [1.807, 2.05) is 18.7 Å². The van der Waals surface area contributed by atoms with E-state index in [1.54, 1.807) is 0 Å². The standard InChI is InChI=1S/C15H22N2O/c1-9(2)17-14(18)8-13(16)15(17)12-6-5-10(3)11(4)7-12/h5-7,9,13,15H,8,16H2,1-4H3/t13-,15+/m1/s1. The predicted octanol–water partition coefficient (Wildman–Crippen LogP) is 2.31. The summed E-state index contributed by atoms with van der Waals surface area (Å²) in [5, 5.41) is 0. The first-order valence-electron chi connectivity index (χ1n) is 6.55. The van der Waals surface area contributed by atoms with Gasteiger partial charge in [-0.05, 0) is 44.4 Å². The number of nitrogens with two attached hydrogens (primary N) is 1. The minimum atomic E-state index is -0.0954. The van der Waals surface area contributed by atoms with Gasteiger partial charge in [-0.1, -0.05) is 18.2 Å². The molecule has 98 valence electrons. The van der Waals surface area contributed by atoms with Crippen LogP contribution in [-0.4, -0.2) is 22.9 Å². The highest BCUT2D eigenvalue weighted by atomic mass is 16.2. The molecule has 3 nitrogen and oxygen atoms in total. The first kappa shape index (κ1) is 13.1. The van der Waals surface area contributed by atoms with E-state index in [9.17, 15) is 4.79 Å². The molecule has 0 spiro atoms. The fourth-order valence-electron chi connectivity index (χ4n) is 2.75. The molecule has 1 fully saturated rings. The van der Waals surface area contributed by atoms with Crippen LogP contribution in [0.5, 0.6) is 0 Å². The van der Waals surface area contributed by atoms with Crippen molar-refractivity contribution in [3.63, 3.8) is 0 Å². The van der Waals surface area contributed by atoms with Gasteiger partial charge in [-0.15, -0.1) is 0 Å². The molecule has 2 N–H and O–H groups in total. The largest absolute Gasteiger partial charge is 0.332 e. The van der Waals surface area contributed by atoms with E-state index in [0.717, 1.165) is 5.56 Å². The molecule has 0 unspecified atom stereocenters. The lowest BCUT2D eigenvalue weighted by molar-refractivity contribution is -0.130. The Kier molecular flexibility index (Phi) is 3.44. The highest BCUT2D eigenvalue weighted by Gasteiger charge is 2.39. The molecule has 1 aromatic rings. The molecular weight excluding hydrogens is 224 g/mol. The van der Waals surface area contributed by atoms with Gasteiger partial charge >= 0.3 is 0 Å². The zero-order chi connectivity index (χ0) is 13.4. The van der Waals surface area contributed by atoms with Gasteiger partial charge < -0.3 is 10.6 Å². The summed E-state index contributed by atoms with van der Waals surface area (Å²) in [7, 11) is 0. The molecule has 1 aliphatic rings. The van der Waals surface area contributed by atoms with Gasteiger partial charge in [0.25, 0.3) is 0 Å². The van der Waals surface area contributed by atoms with Gasteiger partial charge in [0.2, 0.25) is 5.91 Å². The number of hydrogen-bond acceptors (Lipinski definition) is 2. The molecule has 0 saturated carbocycles. The Labute approximate surface area is 109 Å². The van der Waals surface area contributed by atoms with Crippen LogP contribution < -0.4 is 5.73 Å². The Balaban J connectivity index is 2.40. The van der Waals surface area contributed by atoms with Crippen LogP contribution in [-0.2, 0) is 4.79 Å². The predicted molar refractivity (Wildman–Crippen MR) is 73.2 cm³/mol. The monoisotopic (exact) mass is 246 g/mol. The van der Waals surface area contributed by atoms with E-state index < -0.39 is 0 Å². The number of nitrogens with zero attached hydrogens (tertiary/aromatic N) is 1. The van der Waals surface area contributed by atoms with Gasteiger partial charge in [0.05, 0.1) is 6.04 Å². The first-order valence-corrected chi connectivity index (χ1v) is 6.55. The molecule has 1 heterocycles. The third kappa shape index (κ3) is 2.15. The zero-order valence-electron chi connectivity index (χ0n) is 11.6. The minimum absolute atomic E-state index is 0.0248. The van der Waals surface area contributed by atoms with Crippen LogP contribution in [0, 0.1) is 13.8 Å². The van der Waals surface area contributed by atoms with Crippen molar-refractivity contribution in [3.05, 3.63) is 34.9 Å². The van der Waals surface area contributed by atoms with Crippen LogP contribution in [0.2, 0.25) is 0 Å². The Hall–Kier alpha value is -1.35. The van der Waals surface area contributed by atoms with Crippen LogP contribution >= 0.6 is 0 Å². The number of rotatable bonds is 2. The van der Waals surface area contributed by atoms with Crippen LogP contribution in [0.4, 0.5) is 0 Å². The molecule has 3 heteroatoms. The lowest BCUT2D eigenvalue weighted by Gasteiger charge is -2.31. The Morgan fingerprint density at radius 2 is 1.94 bits per heavy atom. The Morgan fingerprint density at radius 3 is 2.50 bits per heavy atom. The molecule has 0 aromatic heterocycles. The lowest BCUT2D eigenvalue weighted by Crippen LogP contribution is -2.37. The molecule has 1 amide bonds. The summed E-state index contributed by atoms with van der Waals surface area (Å²) in [4.78, 5) is 13.9. The van der Waals surface area contributed by atoms with Gasteiger partial charge in [0.15, 0.2) is 0 Å². The van der Waals surface area contributed by atoms with E-state index in [4.69, 9.17) is 5.73 Å². The topological polar surface area (TPSA) is 46.3 Å². The number of likely N-dealkylation sites (tertiary alicyclic amines) is 1. The van der Waals surface area contributed by atoms with E-state index >= 15 is 0 Å². The molecular formula is C15H22N2O. The average Bonchev–Trinajstić information content (AvgIpc) is 2.57. The van der Waals surface area contributed by atoms with Crippen molar-refractivity contribution < 1.29 is 4.79 Å². The smallest absolute Gasteiger partial charge is 0.225 e. The van der Waals surface area contributed by atoms with Crippen LogP contribution in [0.15, 0.2) is 18.2 Å². The second kappa shape index (κ2) is 4.73. The van der Waals surface area contributed by atoms with Crippen molar-refractivity contribution in [2.45, 2.75) is 52.2 Å². The number of amides is 1. The highest BCUT2D eigenvalue weighted by Crippen LogP contribution is 2.34. The molecule has 1 aromatic carbocycles. The minimum Gasteiger partial charge on any atom is -0.332 e. The summed E-state index contributed by atoms with van der Waals surface area (Å²) in [6.07, 6.45) is 0.454. The van der Waals surface area contributed by atoms with E-state index in [-0.39, 0.29) is 24.0 Å². The number of carbonyl (C=O) groups is 1. The van der Waals surface area contributed by atoms with Crippen molar-refractivity contribution >= 4 is 5.91 Å². The third-order valence-corrected chi connectivity index (χ3v) is 3.83. The Bertz CT molecular complexity index is 468. The van der Waals surface area contributed by atoms with E-state index in [0.29, 0.717) is 6.42 Å². The number of hydrogen-bond donors (Lipinski definition) is 1. The van der Waals surface area contributed by atoms with Crippen molar-refractivity contribution in [3.8, 4) is 0 Å². The van der Waals surface area contributed by atoms with Gasteiger partial charge in [0.1, 0.15) is 0 Å². The molecule has 2 rings (SSSR count). The summed E-state index contributed by atoms with van der Waals surface area (Å²) in [6, 6.07) is 6.49. The molecule has 1 saturated heterocycles. The molecule has 18 heavy (non-hydrogen) atoms. The number of carbonyl (C=O) groups excluding carboxylic acids is 1. The van der Waals surface area contributed by atoms with Crippen LogP contribution in [0.3, 0.4) is 0 Å². The lowest BCUT2D eigenvalue weighted by atomic mass is 9.96. The van der Waals surface area contributed by atoms with Gasteiger partial charge in [0, 0.05) is 18.5 Å². The second-order valence-corrected chi connectivity index (χ2v) is 5.55. The molecule has 0 radical (unpaired) electrons. The average molecular weight is 246 g/mol. The van der Waals surface area contributed by atoms with Crippen molar-refractivity contribution in [2.24, 2.45) is 5.73 Å².